The molecule has 0 aromatic heterocycles. The average molecular weight is 1890 g/mol. The number of para-hydroxylation sites is 4. The summed E-state index contributed by atoms with van der Waals surface area (Å²) in [6.45, 7) is 0. The first kappa shape index (κ1) is 94.7. The fourth-order valence-corrected chi connectivity index (χ4v) is 19.4. The molecule has 0 fully saturated rings. The van der Waals surface area contributed by atoms with Crippen molar-refractivity contribution in [1.82, 2.24) is 0 Å². The zero-order chi connectivity index (χ0) is 99.5. The number of hydrogen-bond acceptors (Lipinski definition) is 4. The Hall–Kier alpha value is -19.5. The molecular weight excluding hydrogens is 1790 g/mol. The zero-order valence-electron chi connectivity index (χ0n) is 82.1. The van der Waals surface area contributed by atoms with Crippen LogP contribution in [0.5, 0.6) is 0 Å². The van der Waals surface area contributed by atoms with Gasteiger partial charge in [-0.25, -0.2) is 0 Å². The van der Waals surface area contributed by atoms with Crippen LogP contribution in [0.3, 0.4) is 0 Å². The van der Waals surface area contributed by atoms with Gasteiger partial charge in [-0.05, 0) is 233 Å². The van der Waals surface area contributed by atoms with Gasteiger partial charge in [0, 0.05) is 67.8 Å². The van der Waals surface area contributed by atoms with Crippen LogP contribution in [0, 0.1) is 0 Å². The van der Waals surface area contributed by atoms with Gasteiger partial charge in [0.05, 0.1) is 22.7 Å². The highest BCUT2D eigenvalue weighted by Crippen LogP contribution is 2.49. The SMILES string of the molecule is c1ccc(-c2ccc(N(c3ccc(-c4ccccc4)cc3)c3ccccc3-c3ccccc3)cc2)cc1.c1ccc(-c2ccc(N(c3cccc(-c4ccccc4)c3)c3ccccc3-c3ccccc3)cc2)cc1.c1ccc(-c2ccc(N(c3ccccc3-c3ccccc3)c3ccccc3-c3ccccc3)cc2)cc1.c1ccc(-c2cccc(N(c3cccc(-c4ccccc4)c3)c3cccc(-c4ccccc4)c3)c2)cc1. The van der Waals surface area contributed by atoms with Gasteiger partial charge in [-0.3, -0.25) is 0 Å². The van der Waals surface area contributed by atoms with Crippen molar-refractivity contribution in [3.63, 3.8) is 0 Å². The van der Waals surface area contributed by atoms with E-state index in [0.717, 1.165) is 68.2 Å². The maximum atomic E-state index is 2.39. The fourth-order valence-electron chi connectivity index (χ4n) is 19.4. The van der Waals surface area contributed by atoms with Gasteiger partial charge in [0.15, 0.2) is 0 Å². The van der Waals surface area contributed by atoms with Gasteiger partial charge in [-0.15, -0.1) is 0 Å². The Kier molecular flexibility index (Phi) is 30.0. The van der Waals surface area contributed by atoms with Crippen LogP contribution in [0.1, 0.15) is 0 Å². The summed E-state index contributed by atoms with van der Waals surface area (Å²) >= 11 is 0. The number of benzene rings is 24. The predicted molar refractivity (Wildman–Crippen MR) is 630 cm³/mol. The summed E-state index contributed by atoms with van der Waals surface area (Å²) in [6.07, 6.45) is 0. The molecule has 0 aliphatic heterocycles. The zero-order valence-corrected chi connectivity index (χ0v) is 82.1. The molecule has 704 valence electrons. The Morgan fingerprint density at radius 3 is 0.412 bits per heavy atom. The summed E-state index contributed by atoms with van der Waals surface area (Å²) in [5.41, 5.74) is 42.4. The molecule has 0 saturated heterocycles. The van der Waals surface area contributed by atoms with Crippen LogP contribution in [0.25, 0.3) is 134 Å². The molecule has 0 atom stereocenters. The van der Waals surface area contributed by atoms with E-state index in [1.54, 1.807) is 0 Å². The van der Waals surface area contributed by atoms with Gasteiger partial charge in [0.2, 0.25) is 0 Å². The minimum absolute atomic E-state index is 1.12. The van der Waals surface area contributed by atoms with Gasteiger partial charge in [0.25, 0.3) is 0 Å². The van der Waals surface area contributed by atoms with E-state index in [1.165, 1.54) is 134 Å². The van der Waals surface area contributed by atoms with Crippen molar-refractivity contribution in [2.45, 2.75) is 0 Å². The monoisotopic (exact) mass is 1890 g/mol. The molecule has 0 aliphatic rings. The van der Waals surface area contributed by atoms with Crippen molar-refractivity contribution in [1.29, 1.82) is 0 Å². The molecule has 0 aliphatic carbocycles. The average Bonchev–Trinajstić information content (AvgIpc) is 0.769. The molecule has 0 heterocycles. The highest BCUT2D eigenvalue weighted by molar-refractivity contribution is 5.96. The number of anilines is 12. The summed E-state index contributed by atoms with van der Waals surface area (Å²) in [7, 11) is 0. The summed E-state index contributed by atoms with van der Waals surface area (Å²) in [5, 5.41) is 0. The predicted octanol–water partition coefficient (Wildman–Crippen LogP) is 40.6. The molecule has 0 saturated carbocycles. The van der Waals surface area contributed by atoms with Crippen LogP contribution >= 0.6 is 0 Å². The third kappa shape index (κ3) is 22.7. The summed E-state index contributed by atoms with van der Waals surface area (Å²) in [6, 6.07) is 232. The molecule has 0 unspecified atom stereocenters. The van der Waals surface area contributed by atoms with Crippen LogP contribution in [0.4, 0.5) is 68.2 Å². The lowest BCUT2D eigenvalue weighted by atomic mass is 9.98. The molecule has 24 rings (SSSR count). The number of hydrogen-bond donors (Lipinski definition) is 0. The van der Waals surface area contributed by atoms with Gasteiger partial charge in [-0.1, -0.05) is 534 Å². The van der Waals surface area contributed by atoms with Crippen LogP contribution in [-0.2, 0) is 0 Å². The molecule has 4 heteroatoms. The molecule has 0 bridgehead atoms. The molecule has 148 heavy (non-hydrogen) atoms. The second-order valence-electron chi connectivity index (χ2n) is 36.2. The highest BCUT2D eigenvalue weighted by Gasteiger charge is 2.25. The first-order valence-electron chi connectivity index (χ1n) is 50.5. The Labute approximate surface area is 870 Å². The Morgan fingerprint density at radius 2 is 0.209 bits per heavy atom. The van der Waals surface area contributed by atoms with Crippen LogP contribution < -0.4 is 19.6 Å². The summed E-state index contributed by atoms with van der Waals surface area (Å²) in [5.74, 6) is 0. The van der Waals surface area contributed by atoms with Crippen molar-refractivity contribution >= 4 is 68.2 Å². The van der Waals surface area contributed by atoms with Crippen LogP contribution in [-0.4, -0.2) is 0 Å². The molecule has 0 amide bonds. The standard InChI is InChI=1S/4C36H27N/c1-4-13-28(14-5-1)31-19-10-22-34(25-31)37(35-23-11-20-32(26-35)29-15-6-2-7-16-29)36-24-12-21-33(27-36)30-17-8-3-9-18-30;1-4-14-28(15-5-1)29-24-26-32(27-25-29)37(35-22-12-10-20-33(35)30-16-6-2-7-17-30)36-23-13-11-21-34(36)31-18-8-3-9-19-31;1-4-13-28(14-5-1)30-23-25-33(26-24-30)37(34-20-12-19-32(27-34)29-15-6-2-7-16-29)36-22-11-10-21-35(36)31-17-8-3-9-18-31;1-4-12-28(13-5-1)30-20-24-33(25-21-30)37(34-26-22-31(23-27-34)29-14-6-2-7-15-29)36-19-11-10-18-35(36)32-16-8-3-9-17-32/h4*1-27H. The molecule has 4 nitrogen and oxygen atoms in total. The fraction of sp³-hybridized carbons (Fsp3) is 0. The number of rotatable bonds is 24. The topological polar surface area (TPSA) is 13.0 Å². The van der Waals surface area contributed by atoms with E-state index < -0.39 is 0 Å². The van der Waals surface area contributed by atoms with E-state index >= 15 is 0 Å². The smallest absolute Gasteiger partial charge is 0.0540 e. The lowest BCUT2D eigenvalue weighted by molar-refractivity contribution is 1.28. The van der Waals surface area contributed by atoms with Crippen molar-refractivity contribution in [2.75, 3.05) is 19.6 Å². The molecule has 24 aromatic rings. The second kappa shape index (κ2) is 46.9. The lowest BCUT2D eigenvalue weighted by Gasteiger charge is -2.30. The normalized spacial score (nSPS) is 10.7. The van der Waals surface area contributed by atoms with E-state index in [4.69, 9.17) is 0 Å². The quantitative estimate of drug-likeness (QED) is 0.0598. The van der Waals surface area contributed by atoms with Crippen molar-refractivity contribution in [3.05, 3.63) is 655 Å². The molecule has 0 radical (unpaired) electrons. The largest absolute Gasteiger partial charge is 0.310 e. The maximum Gasteiger partial charge on any atom is 0.0540 e. The van der Waals surface area contributed by atoms with Crippen LogP contribution in [0.2, 0.25) is 0 Å². The Balaban J connectivity index is 0.000000116. The van der Waals surface area contributed by atoms with Gasteiger partial charge in [0.1, 0.15) is 0 Å². The van der Waals surface area contributed by atoms with Crippen molar-refractivity contribution in [3.8, 4) is 134 Å². The third-order valence-electron chi connectivity index (χ3n) is 26.7. The lowest BCUT2D eigenvalue weighted by Crippen LogP contribution is -2.12. The van der Waals surface area contributed by atoms with E-state index in [2.05, 4.69) is 675 Å². The first-order chi connectivity index (χ1) is 73.5. The minimum atomic E-state index is 1.12. The van der Waals surface area contributed by atoms with E-state index in [9.17, 15) is 0 Å². The van der Waals surface area contributed by atoms with Gasteiger partial charge < -0.3 is 19.6 Å². The van der Waals surface area contributed by atoms with Crippen molar-refractivity contribution < 1.29 is 0 Å². The maximum absolute atomic E-state index is 2.39. The summed E-state index contributed by atoms with van der Waals surface area (Å²) < 4.78 is 0. The number of nitrogens with zero attached hydrogens (tertiary/aromatic N) is 4. The molecule has 0 spiro atoms. The minimum Gasteiger partial charge on any atom is -0.310 e. The third-order valence-corrected chi connectivity index (χ3v) is 26.7. The van der Waals surface area contributed by atoms with Gasteiger partial charge in [-0.2, -0.15) is 0 Å². The molecular formula is C144H108N4. The molecule has 0 N–H and O–H groups in total. The molecule has 24 aromatic carbocycles. The Morgan fingerprint density at radius 1 is 0.0743 bits per heavy atom. The van der Waals surface area contributed by atoms with E-state index in [0.29, 0.717) is 0 Å². The van der Waals surface area contributed by atoms with Crippen LogP contribution in [0.15, 0.2) is 655 Å². The Bertz CT molecular complexity index is 7980. The van der Waals surface area contributed by atoms with Gasteiger partial charge >= 0.3 is 0 Å². The second-order valence-corrected chi connectivity index (χ2v) is 36.2. The van der Waals surface area contributed by atoms with E-state index in [-0.39, 0.29) is 0 Å². The summed E-state index contributed by atoms with van der Waals surface area (Å²) in [4.78, 5) is 9.46. The highest BCUT2D eigenvalue weighted by atomic mass is 15.2. The van der Waals surface area contributed by atoms with Crippen molar-refractivity contribution in [2.24, 2.45) is 0 Å². The first-order valence-corrected chi connectivity index (χ1v) is 50.5. The van der Waals surface area contributed by atoms with E-state index in [1.807, 2.05) is 0 Å².